The van der Waals surface area contributed by atoms with Crippen LogP contribution in [0.15, 0.2) is 6.20 Å². The molecule has 0 spiro atoms. The highest BCUT2D eigenvalue weighted by Gasteiger charge is 2.39. The van der Waals surface area contributed by atoms with Crippen LogP contribution < -0.4 is 16.2 Å². The van der Waals surface area contributed by atoms with Crippen LogP contribution in [-0.4, -0.2) is 40.2 Å². The lowest BCUT2D eigenvalue weighted by Gasteiger charge is -2.38. The number of morpholine rings is 1. The van der Waals surface area contributed by atoms with Gasteiger partial charge < -0.3 is 9.64 Å². The van der Waals surface area contributed by atoms with Gasteiger partial charge in [0, 0.05) is 6.54 Å². The number of nitrogens with one attached hydrogen (secondary N) is 1. The van der Waals surface area contributed by atoms with E-state index in [4.69, 9.17) is 10.6 Å². The molecule has 0 amide bonds. The highest BCUT2D eigenvalue weighted by Crippen LogP contribution is 2.36. The van der Waals surface area contributed by atoms with E-state index in [2.05, 4.69) is 15.4 Å². The highest BCUT2D eigenvalue weighted by molar-refractivity contribution is 5.60. The molecule has 9 heteroatoms. The number of nitrogens with two attached hydrogens (primary N) is 1. The molecule has 3 N–H and O–H groups in total. The van der Waals surface area contributed by atoms with Gasteiger partial charge in [0.25, 0.3) is 0 Å². The van der Waals surface area contributed by atoms with Crippen LogP contribution in [0.25, 0.3) is 0 Å². The predicted molar refractivity (Wildman–Crippen MR) is 71.2 cm³/mol. The molecule has 9 nitrogen and oxygen atoms in total. The molecule has 2 unspecified atom stereocenters. The Balaban J connectivity index is 2.00. The molecular formula is C11H16N6O3. The zero-order valence-electron chi connectivity index (χ0n) is 10.9. The predicted octanol–water partition coefficient (Wildman–Crippen LogP) is 0.428. The smallest absolute Gasteiger partial charge is 0.329 e. The Hall–Kier alpha value is -2.00. The van der Waals surface area contributed by atoms with E-state index in [1.165, 1.54) is 6.20 Å². The summed E-state index contributed by atoms with van der Waals surface area (Å²) in [5.41, 5.74) is 2.23. The molecule has 2 heterocycles. The van der Waals surface area contributed by atoms with Gasteiger partial charge in [-0.2, -0.15) is 4.98 Å². The van der Waals surface area contributed by atoms with Crippen LogP contribution in [0, 0.1) is 10.1 Å². The molecule has 0 aromatic carbocycles. The number of rotatable bonds is 3. The van der Waals surface area contributed by atoms with E-state index < -0.39 is 4.92 Å². The Morgan fingerprint density at radius 1 is 1.55 bits per heavy atom. The minimum atomic E-state index is -0.463. The molecular weight excluding hydrogens is 264 g/mol. The van der Waals surface area contributed by atoms with Crippen molar-refractivity contribution in [2.24, 2.45) is 5.84 Å². The van der Waals surface area contributed by atoms with Gasteiger partial charge in [0.2, 0.25) is 11.8 Å². The van der Waals surface area contributed by atoms with E-state index in [-0.39, 0.29) is 23.8 Å². The van der Waals surface area contributed by atoms with Gasteiger partial charge >= 0.3 is 5.69 Å². The van der Waals surface area contributed by atoms with Crippen molar-refractivity contribution in [3.8, 4) is 0 Å². The van der Waals surface area contributed by atoms with Crippen LogP contribution >= 0.6 is 0 Å². The van der Waals surface area contributed by atoms with E-state index in [0.29, 0.717) is 19.0 Å². The molecule has 108 valence electrons. The summed E-state index contributed by atoms with van der Waals surface area (Å²) >= 11 is 0. The maximum absolute atomic E-state index is 11.2. The normalized spacial score (nSPS) is 25.4. The van der Waals surface area contributed by atoms with Crippen molar-refractivity contribution >= 4 is 17.5 Å². The Labute approximate surface area is 115 Å². The number of nitrogen functional groups attached to an aromatic ring is 1. The van der Waals surface area contributed by atoms with E-state index >= 15 is 0 Å². The fourth-order valence-corrected chi connectivity index (χ4v) is 2.96. The van der Waals surface area contributed by atoms with E-state index in [1.807, 2.05) is 4.90 Å². The third-order valence-electron chi connectivity index (χ3n) is 3.83. The quantitative estimate of drug-likeness (QED) is 0.464. The van der Waals surface area contributed by atoms with Crippen LogP contribution in [0.3, 0.4) is 0 Å². The Morgan fingerprint density at radius 3 is 3.15 bits per heavy atom. The molecule has 20 heavy (non-hydrogen) atoms. The number of ether oxygens (including phenoxy) is 1. The molecule has 2 aliphatic rings. The topological polar surface area (TPSA) is 119 Å². The molecule has 0 radical (unpaired) electrons. The Bertz CT molecular complexity index is 525. The summed E-state index contributed by atoms with van der Waals surface area (Å²) in [5.74, 6) is 5.78. The van der Waals surface area contributed by atoms with E-state index in [9.17, 15) is 10.1 Å². The van der Waals surface area contributed by atoms with Crippen molar-refractivity contribution in [2.75, 3.05) is 23.5 Å². The molecule has 1 saturated carbocycles. The zero-order chi connectivity index (χ0) is 14.1. The molecule has 1 aliphatic heterocycles. The summed E-state index contributed by atoms with van der Waals surface area (Å²) in [7, 11) is 0. The maximum Gasteiger partial charge on any atom is 0.329 e. The van der Waals surface area contributed by atoms with Gasteiger partial charge in [-0.1, -0.05) is 0 Å². The number of hydrogen-bond acceptors (Lipinski definition) is 8. The molecule has 1 aromatic heterocycles. The molecule has 2 fully saturated rings. The third kappa shape index (κ3) is 2.14. The summed E-state index contributed by atoms with van der Waals surface area (Å²) in [4.78, 5) is 20.7. The van der Waals surface area contributed by atoms with Gasteiger partial charge in [0.15, 0.2) is 0 Å². The van der Waals surface area contributed by atoms with E-state index in [1.54, 1.807) is 0 Å². The van der Waals surface area contributed by atoms with E-state index in [0.717, 1.165) is 19.3 Å². The summed E-state index contributed by atoms with van der Waals surface area (Å²) in [6, 6.07) is 0.142. The van der Waals surface area contributed by atoms with Gasteiger partial charge in [-0.3, -0.25) is 15.5 Å². The number of aromatic nitrogens is 2. The van der Waals surface area contributed by atoms with Crippen LogP contribution in [0.1, 0.15) is 19.3 Å². The van der Waals surface area contributed by atoms with Crippen LogP contribution in [0.5, 0.6) is 0 Å². The van der Waals surface area contributed by atoms with Crippen LogP contribution in [0.4, 0.5) is 17.5 Å². The van der Waals surface area contributed by atoms with Crippen molar-refractivity contribution in [3.05, 3.63) is 16.3 Å². The molecule has 1 aromatic rings. The van der Waals surface area contributed by atoms with Crippen molar-refractivity contribution in [1.82, 2.24) is 9.97 Å². The number of nitro groups is 1. The van der Waals surface area contributed by atoms with Crippen LogP contribution in [-0.2, 0) is 4.74 Å². The van der Waals surface area contributed by atoms with Gasteiger partial charge in [-0.25, -0.2) is 10.8 Å². The number of hydrazine groups is 1. The second-order valence-electron chi connectivity index (χ2n) is 4.90. The maximum atomic E-state index is 11.2. The lowest BCUT2D eigenvalue weighted by atomic mass is 10.1. The average Bonchev–Trinajstić information content (AvgIpc) is 2.94. The highest BCUT2D eigenvalue weighted by atomic mass is 16.6. The summed E-state index contributed by atoms with van der Waals surface area (Å²) in [6.45, 7) is 1.14. The van der Waals surface area contributed by atoms with Crippen LogP contribution in [0.2, 0.25) is 0 Å². The van der Waals surface area contributed by atoms with Crippen molar-refractivity contribution in [2.45, 2.75) is 31.4 Å². The Morgan fingerprint density at radius 2 is 2.40 bits per heavy atom. The van der Waals surface area contributed by atoms with Gasteiger partial charge in [0.1, 0.15) is 6.20 Å². The first-order valence-corrected chi connectivity index (χ1v) is 6.57. The van der Waals surface area contributed by atoms with Gasteiger partial charge in [-0.05, 0) is 19.3 Å². The molecule has 1 saturated heterocycles. The second kappa shape index (κ2) is 5.17. The second-order valence-corrected chi connectivity index (χ2v) is 4.90. The lowest BCUT2D eigenvalue weighted by molar-refractivity contribution is -0.384. The minimum absolute atomic E-state index is 0.100. The minimum Gasteiger partial charge on any atom is -0.374 e. The van der Waals surface area contributed by atoms with Gasteiger partial charge in [0.05, 0.1) is 23.7 Å². The number of anilines is 2. The fourth-order valence-electron chi connectivity index (χ4n) is 2.96. The molecule has 3 rings (SSSR count). The fraction of sp³-hybridized carbons (Fsp3) is 0.636. The summed E-state index contributed by atoms with van der Waals surface area (Å²) < 4.78 is 5.72. The van der Waals surface area contributed by atoms with Crippen molar-refractivity contribution < 1.29 is 9.66 Å². The number of hydrogen-bond donors (Lipinski definition) is 2. The lowest BCUT2D eigenvalue weighted by Crippen LogP contribution is -2.49. The SMILES string of the molecule is NNc1ncc([N+](=O)[O-])c(N2CCOC3CCCC32)n1. The number of nitrogens with zero attached hydrogens (tertiary/aromatic N) is 4. The van der Waals surface area contributed by atoms with Gasteiger partial charge in [-0.15, -0.1) is 0 Å². The monoisotopic (exact) mass is 280 g/mol. The zero-order valence-corrected chi connectivity index (χ0v) is 10.9. The standard InChI is InChI=1S/C11H16N6O3/c12-15-11-13-6-8(17(18)19)10(14-11)16-4-5-20-9-3-1-2-7(9)16/h6-7,9H,1-5,12H2,(H,13,14,15). The van der Waals surface area contributed by atoms with Crippen molar-refractivity contribution in [3.63, 3.8) is 0 Å². The summed E-state index contributed by atoms with van der Waals surface area (Å²) in [5, 5.41) is 11.2. The molecule has 1 aliphatic carbocycles. The van der Waals surface area contributed by atoms with Crippen molar-refractivity contribution in [1.29, 1.82) is 0 Å². The average molecular weight is 280 g/mol. The molecule has 0 bridgehead atoms. The first-order chi connectivity index (χ1) is 9.70. The Kier molecular flexibility index (Phi) is 3.36. The summed E-state index contributed by atoms with van der Waals surface area (Å²) in [6.07, 6.45) is 4.33. The third-order valence-corrected chi connectivity index (χ3v) is 3.83. The first kappa shape index (κ1) is 13.0. The number of fused-ring (bicyclic) bond motifs is 1. The largest absolute Gasteiger partial charge is 0.374 e. The first-order valence-electron chi connectivity index (χ1n) is 6.57. The molecule has 2 atom stereocenters.